The van der Waals surface area contributed by atoms with Gasteiger partial charge < -0.3 is 16.2 Å². The number of aromatic carboxylic acids is 1. The number of nitrogens with two attached hydrogens (primary N) is 1. The van der Waals surface area contributed by atoms with E-state index < -0.39 is 52.9 Å². The lowest BCUT2D eigenvalue weighted by Crippen LogP contribution is -2.46. The molecule has 0 fully saturated rings. The molecular formula is C19H14F6N2O4. The van der Waals surface area contributed by atoms with Crippen molar-refractivity contribution >= 4 is 17.8 Å². The Morgan fingerprint density at radius 1 is 0.871 bits per heavy atom. The maximum absolute atomic E-state index is 13.0. The molecule has 2 aromatic rings. The number of carboxylic acid groups (broad SMARTS) is 1. The van der Waals surface area contributed by atoms with E-state index in [4.69, 9.17) is 10.8 Å². The summed E-state index contributed by atoms with van der Waals surface area (Å²) in [4.78, 5) is 34.8. The molecule has 0 aromatic heterocycles. The number of carbonyl (C=O) groups excluding carboxylic acids is 2. The summed E-state index contributed by atoms with van der Waals surface area (Å²) >= 11 is 0. The van der Waals surface area contributed by atoms with Gasteiger partial charge in [-0.2, -0.15) is 26.3 Å². The molecule has 0 unspecified atom stereocenters. The highest BCUT2D eigenvalue weighted by atomic mass is 19.4. The highest BCUT2D eigenvalue weighted by Gasteiger charge is 2.37. The lowest BCUT2D eigenvalue weighted by molar-refractivity contribution is -0.143. The average Bonchev–Trinajstić information content (AvgIpc) is 2.66. The molecule has 0 heterocycles. The first-order valence-electron chi connectivity index (χ1n) is 8.40. The second kappa shape index (κ2) is 8.66. The van der Waals surface area contributed by atoms with Crippen molar-refractivity contribution in [1.82, 2.24) is 5.32 Å². The molecule has 0 radical (unpaired) electrons. The van der Waals surface area contributed by atoms with Gasteiger partial charge in [-0.25, -0.2) is 4.79 Å². The summed E-state index contributed by atoms with van der Waals surface area (Å²) in [7, 11) is 0. The zero-order chi connectivity index (χ0) is 23.6. The first kappa shape index (κ1) is 23.7. The van der Waals surface area contributed by atoms with Crippen molar-refractivity contribution < 1.29 is 45.8 Å². The lowest BCUT2D eigenvalue weighted by atomic mass is 10.0. The number of hydrogen-bond donors (Lipinski definition) is 3. The van der Waals surface area contributed by atoms with Crippen molar-refractivity contribution in [3.8, 4) is 0 Å². The molecule has 1 atom stereocenters. The maximum Gasteiger partial charge on any atom is 0.416 e. The van der Waals surface area contributed by atoms with E-state index >= 15 is 0 Å². The first-order chi connectivity index (χ1) is 14.2. The third-order valence-electron chi connectivity index (χ3n) is 4.14. The smallest absolute Gasteiger partial charge is 0.416 e. The zero-order valence-electron chi connectivity index (χ0n) is 15.3. The molecule has 0 aliphatic rings. The van der Waals surface area contributed by atoms with E-state index in [0.29, 0.717) is 5.56 Å². The minimum absolute atomic E-state index is 0.0629. The van der Waals surface area contributed by atoms with Crippen LogP contribution in [0.5, 0.6) is 0 Å². The van der Waals surface area contributed by atoms with Gasteiger partial charge in [0.2, 0.25) is 5.91 Å². The van der Waals surface area contributed by atoms with Crippen molar-refractivity contribution in [2.45, 2.75) is 24.8 Å². The number of nitrogens with one attached hydrogen (secondary N) is 1. The number of halogens is 6. The summed E-state index contributed by atoms with van der Waals surface area (Å²) < 4.78 is 77.7. The van der Waals surface area contributed by atoms with Crippen LogP contribution in [0, 0.1) is 0 Å². The number of benzene rings is 2. The van der Waals surface area contributed by atoms with Crippen LogP contribution in [-0.2, 0) is 23.6 Å². The number of alkyl halides is 6. The van der Waals surface area contributed by atoms with Crippen LogP contribution in [0.1, 0.15) is 37.4 Å². The number of carbonyl (C=O) groups is 3. The molecule has 2 aromatic carbocycles. The molecule has 0 aliphatic carbocycles. The van der Waals surface area contributed by atoms with Gasteiger partial charge in [-0.1, -0.05) is 12.1 Å². The van der Waals surface area contributed by atoms with Crippen LogP contribution in [-0.4, -0.2) is 28.9 Å². The van der Waals surface area contributed by atoms with Gasteiger partial charge in [-0.3, -0.25) is 9.59 Å². The van der Waals surface area contributed by atoms with Crippen molar-refractivity contribution in [2.75, 3.05) is 0 Å². The second-order valence-electron chi connectivity index (χ2n) is 6.43. The zero-order valence-corrected chi connectivity index (χ0v) is 15.3. The Morgan fingerprint density at radius 3 is 1.74 bits per heavy atom. The van der Waals surface area contributed by atoms with E-state index in [-0.39, 0.29) is 30.2 Å². The minimum Gasteiger partial charge on any atom is -0.478 e. The van der Waals surface area contributed by atoms with E-state index in [0.717, 1.165) is 0 Å². The fraction of sp³-hybridized carbons (Fsp3) is 0.211. The minimum atomic E-state index is -5.15. The molecule has 2 amide bonds. The largest absolute Gasteiger partial charge is 0.478 e. The number of hydrogen-bond acceptors (Lipinski definition) is 3. The van der Waals surface area contributed by atoms with Gasteiger partial charge in [0.25, 0.3) is 5.91 Å². The SMILES string of the molecule is NC(=O)[C@H](Cc1ccc(C(=O)O)cc1)NC(=O)c1cc(C(F)(F)F)cc(C(F)(F)F)c1. The molecule has 0 aliphatic heterocycles. The number of carboxylic acids is 1. The predicted octanol–water partition coefficient (Wildman–Crippen LogP) is 3.25. The van der Waals surface area contributed by atoms with Gasteiger partial charge in [-0.15, -0.1) is 0 Å². The molecule has 0 saturated carbocycles. The Balaban J connectivity index is 2.31. The summed E-state index contributed by atoms with van der Waals surface area (Å²) in [5.74, 6) is -3.68. The Bertz CT molecular complexity index is 968. The number of rotatable bonds is 6. The number of primary amides is 1. The van der Waals surface area contributed by atoms with Crippen molar-refractivity contribution in [1.29, 1.82) is 0 Å². The van der Waals surface area contributed by atoms with Crippen LogP contribution in [0.15, 0.2) is 42.5 Å². The summed E-state index contributed by atoms with van der Waals surface area (Å²) in [6.45, 7) is 0. The molecule has 166 valence electrons. The molecule has 0 spiro atoms. The quantitative estimate of drug-likeness (QED) is 0.590. The standard InChI is InChI=1S/C19H14F6N2O4/c20-18(21,22)12-6-11(7-13(8-12)19(23,24)25)16(29)27-14(15(26)28)5-9-1-3-10(4-2-9)17(30)31/h1-4,6-8,14H,5H2,(H2,26,28)(H,27,29)(H,30,31)/t14-/m0/s1. The maximum atomic E-state index is 13.0. The van der Waals surface area contributed by atoms with Gasteiger partial charge in [0.1, 0.15) is 6.04 Å². The van der Waals surface area contributed by atoms with Gasteiger partial charge in [0.05, 0.1) is 16.7 Å². The molecular weight excluding hydrogens is 434 g/mol. The Hall–Kier alpha value is -3.57. The molecule has 6 nitrogen and oxygen atoms in total. The van der Waals surface area contributed by atoms with E-state index in [9.17, 15) is 40.7 Å². The fourth-order valence-electron chi connectivity index (χ4n) is 2.57. The fourth-order valence-corrected chi connectivity index (χ4v) is 2.57. The lowest BCUT2D eigenvalue weighted by Gasteiger charge is -2.18. The van der Waals surface area contributed by atoms with Crippen molar-refractivity contribution in [3.63, 3.8) is 0 Å². The van der Waals surface area contributed by atoms with E-state index in [2.05, 4.69) is 0 Å². The van der Waals surface area contributed by atoms with Crippen LogP contribution in [0.25, 0.3) is 0 Å². The van der Waals surface area contributed by atoms with Gasteiger partial charge in [0.15, 0.2) is 0 Å². The summed E-state index contributed by atoms with van der Waals surface area (Å²) in [5.41, 5.74) is 1.12. The molecule has 0 saturated heterocycles. The Kier molecular flexibility index (Phi) is 6.62. The van der Waals surface area contributed by atoms with E-state index in [1.807, 2.05) is 5.32 Å². The van der Waals surface area contributed by atoms with Gasteiger partial charge in [-0.05, 0) is 35.9 Å². The average molecular weight is 448 g/mol. The normalized spacial score (nSPS) is 12.8. The molecule has 2 rings (SSSR count). The third-order valence-corrected chi connectivity index (χ3v) is 4.14. The molecule has 0 bridgehead atoms. The van der Waals surface area contributed by atoms with E-state index in [1.165, 1.54) is 24.3 Å². The highest BCUT2D eigenvalue weighted by Crippen LogP contribution is 2.36. The van der Waals surface area contributed by atoms with Crippen LogP contribution < -0.4 is 11.1 Å². The van der Waals surface area contributed by atoms with Crippen LogP contribution in [0.4, 0.5) is 26.3 Å². The summed E-state index contributed by atoms with van der Waals surface area (Å²) in [6, 6.07) is 3.89. The van der Waals surface area contributed by atoms with Crippen molar-refractivity contribution in [2.24, 2.45) is 5.73 Å². The summed E-state index contributed by atoms with van der Waals surface area (Å²) in [5, 5.41) is 10.9. The number of amides is 2. The topological polar surface area (TPSA) is 109 Å². The Morgan fingerprint density at radius 2 is 1.35 bits per heavy atom. The molecule has 4 N–H and O–H groups in total. The predicted molar refractivity (Wildman–Crippen MR) is 94.0 cm³/mol. The Labute approximate surface area is 170 Å². The third kappa shape index (κ3) is 6.20. The molecule has 12 heteroatoms. The monoisotopic (exact) mass is 448 g/mol. The van der Waals surface area contributed by atoms with Crippen LogP contribution in [0.2, 0.25) is 0 Å². The van der Waals surface area contributed by atoms with Crippen LogP contribution in [0.3, 0.4) is 0 Å². The van der Waals surface area contributed by atoms with Gasteiger partial charge >= 0.3 is 18.3 Å². The summed E-state index contributed by atoms with van der Waals surface area (Å²) in [6.07, 6.45) is -10.6. The van der Waals surface area contributed by atoms with Crippen LogP contribution >= 0.6 is 0 Å². The molecule has 31 heavy (non-hydrogen) atoms. The van der Waals surface area contributed by atoms with Gasteiger partial charge in [0, 0.05) is 12.0 Å². The second-order valence-corrected chi connectivity index (χ2v) is 6.43. The van der Waals surface area contributed by atoms with Crippen molar-refractivity contribution in [3.05, 3.63) is 70.3 Å². The van der Waals surface area contributed by atoms with E-state index in [1.54, 1.807) is 0 Å². The first-order valence-corrected chi connectivity index (χ1v) is 8.40. The highest BCUT2D eigenvalue weighted by molar-refractivity contribution is 5.97.